The Morgan fingerprint density at radius 2 is 1.00 bits per heavy atom. The highest BCUT2D eigenvalue weighted by atomic mass is 32.1. The van der Waals surface area contributed by atoms with Crippen LogP contribution in [0.4, 0.5) is 0 Å². The molecule has 0 spiro atoms. The first-order valence-corrected chi connectivity index (χ1v) is 17.2. The number of hydrogen-bond donors (Lipinski definition) is 1. The number of pyridine rings is 2. The molecule has 1 aliphatic heterocycles. The molecule has 0 fully saturated rings. The van der Waals surface area contributed by atoms with Gasteiger partial charge in [0.1, 0.15) is 5.84 Å². The van der Waals surface area contributed by atoms with Crippen LogP contribution in [0.1, 0.15) is 11.1 Å². The molecule has 1 N–H and O–H groups in total. The molecule has 0 saturated heterocycles. The number of amidine groups is 1. The predicted octanol–water partition coefficient (Wildman–Crippen LogP) is 10.6. The zero-order chi connectivity index (χ0) is 29.5. The molecule has 1 aliphatic rings. The topological polar surface area (TPSA) is 50.2 Å². The maximum absolute atomic E-state index is 5.14. The molecule has 4 aromatic carbocycles. The fourth-order valence-electron chi connectivity index (χ4n) is 6.49. The molecule has 0 bridgehead atoms. The van der Waals surface area contributed by atoms with Gasteiger partial charge in [0.2, 0.25) is 0 Å². The van der Waals surface area contributed by atoms with Crippen LogP contribution in [0.3, 0.4) is 0 Å². The average molecular weight is 631 g/mol. The first-order chi connectivity index (χ1) is 22.2. The van der Waals surface area contributed by atoms with Crippen molar-refractivity contribution in [3.05, 3.63) is 127 Å². The zero-order valence-electron chi connectivity index (χ0n) is 23.7. The molecule has 0 atom stereocenters. The van der Waals surface area contributed by atoms with Crippen molar-refractivity contribution in [1.82, 2.24) is 15.3 Å². The first-order valence-electron chi connectivity index (χ1n) is 14.8. The Morgan fingerprint density at radius 1 is 0.467 bits per heavy atom. The van der Waals surface area contributed by atoms with Crippen molar-refractivity contribution in [2.45, 2.75) is 0 Å². The third-order valence-electron chi connectivity index (χ3n) is 8.71. The SMILES string of the molecule is C1=C(c2ccc3sc4cnccc4c3c2)N=C(c2ccc3sc4ccc(-c5ccc6sc7ccncc7c6c5)cc4c3c2)NC1. The van der Waals surface area contributed by atoms with Gasteiger partial charge in [0.15, 0.2) is 0 Å². The molecule has 9 aromatic rings. The summed E-state index contributed by atoms with van der Waals surface area (Å²) < 4.78 is 7.64. The summed E-state index contributed by atoms with van der Waals surface area (Å²) in [5, 5.41) is 11.1. The molecule has 0 radical (unpaired) electrons. The van der Waals surface area contributed by atoms with Crippen LogP contribution in [0.25, 0.3) is 77.3 Å². The lowest BCUT2D eigenvalue weighted by Gasteiger charge is -2.16. The number of hydrogen-bond acceptors (Lipinski definition) is 7. The number of rotatable bonds is 3. The molecular formula is C38H22N4S3. The summed E-state index contributed by atoms with van der Waals surface area (Å²) in [6.07, 6.45) is 9.86. The maximum Gasteiger partial charge on any atom is 0.134 e. The Morgan fingerprint density at radius 3 is 1.76 bits per heavy atom. The normalized spacial score (nSPS) is 13.7. The molecule has 7 heteroatoms. The molecule has 45 heavy (non-hydrogen) atoms. The number of aromatic nitrogens is 2. The molecule has 0 saturated carbocycles. The van der Waals surface area contributed by atoms with Gasteiger partial charge in [-0.05, 0) is 83.9 Å². The number of aliphatic imine (C=N–C) groups is 1. The van der Waals surface area contributed by atoms with E-state index < -0.39 is 0 Å². The number of nitrogens with one attached hydrogen (secondary N) is 1. The van der Waals surface area contributed by atoms with Crippen LogP contribution in [0.2, 0.25) is 0 Å². The molecule has 4 nitrogen and oxygen atoms in total. The van der Waals surface area contributed by atoms with Crippen LogP contribution < -0.4 is 5.32 Å². The number of benzene rings is 4. The van der Waals surface area contributed by atoms with E-state index in [1.54, 1.807) is 11.3 Å². The Balaban J connectivity index is 1.05. The molecular weight excluding hydrogens is 609 g/mol. The van der Waals surface area contributed by atoms with Crippen LogP contribution in [-0.2, 0) is 0 Å². The fourth-order valence-corrected chi connectivity index (χ4v) is 9.67. The van der Waals surface area contributed by atoms with E-state index >= 15 is 0 Å². The van der Waals surface area contributed by atoms with Gasteiger partial charge in [0, 0.05) is 98.3 Å². The summed E-state index contributed by atoms with van der Waals surface area (Å²) in [7, 11) is 0. The van der Waals surface area contributed by atoms with Gasteiger partial charge in [-0.15, -0.1) is 34.0 Å². The molecule has 0 unspecified atom stereocenters. The van der Waals surface area contributed by atoms with Crippen molar-refractivity contribution in [1.29, 1.82) is 0 Å². The Kier molecular flexibility index (Phi) is 5.51. The smallest absolute Gasteiger partial charge is 0.134 e. The number of thiophene rings is 3. The van der Waals surface area contributed by atoms with Gasteiger partial charge < -0.3 is 5.32 Å². The third-order valence-corrected chi connectivity index (χ3v) is 12.1. The van der Waals surface area contributed by atoms with Crippen LogP contribution in [0.5, 0.6) is 0 Å². The monoisotopic (exact) mass is 630 g/mol. The highest BCUT2D eigenvalue weighted by Crippen LogP contribution is 2.40. The molecule has 0 amide bonds. The minimum Gasteiger partial charge on any atom is -0.366 e. The van der Waals surface area contributed by atoms with Crippen molar-refractivity contribution in [2.24, 2.45) is 4.99 Å². The number of fused-ring (bicyclic) bond motifs is 9. The Bertz CT molecular complexity index is 2730. The van der Waals surface area contributed by atoms with E-state index in [0.717, 1.165) is 29.2 Å². The molecule has 5 aromatic heterocycles. The third kappa shape index (κ3) is 4.05. The molecule has 212 valence electrons. The minimum absolute atomic E-state index is 0.738. The second-order valence-corrected chi connectivity index (χ2v) is 14.6. The van der Waals surface area contributed by atoms with E-state index in [0.29, 0.717) is 0 Å². The summed E-state index contributed by atoms with van der Waals surface area (Å²) >= 11 is 5.46. The second-order valence-electron chi connectivity index (χ2n) is 11.3. The van der Waals surface area contributed by atoms with Gasteiger partial charge in [0.05, 0.1) is 10.4 Å². The minimum atomic E-state index is 0.738. The Hall–Kier alpha value is -4.95. The van der Waals surface area contributed by atoms with E-state index in [-0.39, 0.29) is 0 Å². The van der Waals surface area contributed by atoms with E-state index in [1.165, 1.54) is 71.6 Å². The highest BCUT2D eigenvalue weighted by molar-refractivity contribution is 7.26. The predicted molar refractivity (Wildman–Crippen MR) is 195 cm³/mol. The van der Waals surface area contributed by atoms with Crippen molar-refractivity contribution in [3.63, 3.8) is 0 Å². The lowest BCUT2D eigenvalue weighted by molar-refractivity contribution is 1.02. The largest absolute Gasteiger partial charge is 0.366 e. The molecule has 10 rings (SSSR count). The molecule has 0 aliphatic carbocycles. The number of nitrogens with zero attached hydrogens (tertiary/aromatic N) is 3. The van der Waals surface area contributed by atoms with E-state index in [9.17, 15) is 0 Å². The lowest BCUT2D eigenvalue weighted by atomic mass is 10.0. The van der Waals surface area contributed by atoms with Gasteiger partial charge in [-0.2, -0.15) is 0 Å². The standard InChI is InChI=1S/C38H22N4S3/c1-5-33-27(15-21(1)22-2-6-35-29(16-22)30-19-39-13-11-36(30)44-35)28-18-24(4-8-34(28)43-33)38-41-14-10-31(42-38)23-3-7-32-26(17-23)25-9-12-40-20-37(25)45-32/h1-13,15-20H,14H2,(H,41,42). The van der Waals surface area contributed by atoms with Crippen LogP contribution in [0, 0.1) is 0 Å². The van der Waals surface area contributed by atoms with Crippen molar-refractivity contribution < 1.29 is 0 Å². The Labute approximate surface area is 269 Å². The van der Waals surface area contributed by atoms with Crippen LogP contribution in [-0.4, -0.2) is 22.3 Å². The lowest BCUT2D eigenvalue weighted by Crippen LogP contribution is -2.27. The van der Waals surface area contributed by atoms with Gasteiger partial charge in [0.25, 0.3) is 0 Å². The summed E-state index contributed by atoms with van der Waals surface area (Å²) in [6, 6.07) is 31.3. The van der Waals surface area contributed by atoms with Crippen LogP contribution >= 0.6 is 34.0 Å². The van der Waals surface area contributed by atoms with Gasteiger partial charge in [-0.1, -0.05) is 18.2 Å². The summed E-state index contributed by atoms with van der Waals surface area (Å²) in [5.74, 6) is 0.910. The fraction of sp³-hybridized carbons (Fsp3) is 0.0263. The van der Waals surface area contributed by atoms with Gasteiger partial charge in [-0.25, -0.2) is 4.99 Å². The summed E-state index contributed by atoms with van der Waals surface area (Å²) in [5.41, 5.74) is 5.69. The molecule has 6 heterocycles. The van der Waals surface area contributed by atoms with Crippen molar-refractivity contribution >= 4 is 106 Å². The second kappa shape index (κ2) is 9.78. The van der Waals surface area contributed by atoms with Crippen molar-refractivity contribution in [2.75, 3.05) is 6.54 Å². The first kappa shape index (κ1) is 25.4. The van der Waals surface area contributed by atoms with Gasteiger partial charge >= 0.3 is 0 Å². The van der Waals surface area contributed by atoms with E-state index in [2.05, 4.69) is 106 Å². The van der Waals surface area contributed by atoms with Crippen molar-refractivity contribution in [3.8, 4) is 11.1 Å². The average Bonchev–Trinajstić information content (AvgIpc) is 3.78. The van der Waals surface area contributed by atoms with E-state index in [1.807, 2.05) is 47.5 Å². The highest BCUT2D eigenvalue weighted by Gasteiger charge is 2.15. The van der Waals surface area contributed by atoms with Crippen LogP contribution in [0.15, 0.2) is 121 Å². The van der Waals surface area contributed by atoms with Gasteiger partial charge in [-0.3, -0.25) is 9.97 Å². The summed E-state index contributed by atoms with van der Waals surface area (Å²) in [4.78, 5) is 13.8. The zero-order valence-corrected chi connectivity index (χ0v) is 26.2. The summed E-state index contributed by atoms with van der Waals surface area (Å²) in [6.45, 7) is 0.738. The maximum atomic E-state index is 5.14. The van der Waals surface area contributed by atoms with E-state index in [4.69, 9.17) is 4.99 Å². The quantitative estimate of drug-likeness (QED) is 0.211.